The first-order valence-corrected chi connectivity index (χ1v) is 5.55. The standard InChI is InChI=1S/C13H15FN2/c1-13(9-15,16-12-5-6-12)8-10-3-2-4-11(14)7-10/h2-4,7,12,16H,5-6,8H2,1H3. The van der Waals surface area contributed by atoms with Gasteiger partial charge in [0.15, 0.2) is 0 Å². The second-order valence-corrected chi connectivity index (χ2v) is 4.67. The monoisotopic (exact) mass is 218 g/mol. The maximum absolute atomic E-state index is 13.0. The van der Waals surface area contributed by atoms with Crippen LogP contribution in [-0.2, 0) is 6.42 Å². The van der Waals surface area contributed by atoms with E-state index in [-0.39, 0.29) is 5.82 Å². The van der Waals surface area contributed by atoms with Crippen molar-refractivity contribution >= 4 is 0 Å². The van der Waals surface area contributed by atoms with Gasteiger partial charge in [-0.1, -0.05) is 12.1 Å². The predicted octanol–water partition coefficient (Wildman–Crippen LogP) is 2.40. The molecule has 0 saturated heterocycles. The maximum atomic E-state index is 13.0. The minimum Gasteiger partial charge on any atom is -0.297 e. The van der Waals surface area contributed by atoms with Crippen LogP contribution in [0.15, 0.2) is 24.3 Å². The van der Waals surface area contributed by atoms with Crippen molar-refractivity contribution in [2.75, 3.05) is 0 Å². The fourth-order valence-corrected chi connectivity index (χ4v) is 1.86. The van der Waals surface area contributed by atoms with E-state index in [1.807, 2.05) is 13.0 Å². The summed E-state index contributed by atoms with van der Waals surface area (Å²) in [6, 6.07) is 9.20. The van der Waals surface area contributed by atoms with Gasteiger partial charge in [0.1, 0.15) is 11.4 Å². The maximum Gasteiger partial charge on any atom is 0.123 e. The molecule has 84 valence electrons. The van der Waals surface area contributed by atoms with Crippen LogP contribution in [0.25, 0.3) is 0 Å². The van der Waals surface area contributed by atoms with E-state index in [4.69, 9.17) is 0 Å². The Morgan fingerprint density at radius 1 is 1.56 bits per heavy atom. The quantitative estimate of drug-likeness (QED) is 0.842. The molecule has 1 unspecified atom stereocenters. The summed E-state index contributed by atoms with van der Waals surface area (Å²) in [5, 5.41) is 12.5. The molecule has 1 aliphatic carbocycles. The molecule has 0 heterocycles. The molecule has 3 heteroatoms. The third kappa shape index (κ3) is 2.80. The minimum atomic E-state index is -0.588. The highest BCUT2D eigenvalue weighted by Gasteiger charge is 2.32. The number of benzene rings is 1. The number of rotatable bonds is 4. The first-order chi connectivity index (χ1) is 7.61. The van der Waals surface area contributed by atoms with Crippen molar-refractivity contribution < 1.29 is 4.39 Å². The predicted molar refractivity (Wildman–Crippen MR) is 60.3 cm³/mol. The number of hydrogen-bond donors (Lipinski definition) is 1. The summed E-state index contributed by atoms with van der Waals surface area (Å²) in [6.07, 6.45) is 2.82. The Bertz CT molecular complexity index is 420. The van der Waals surface area contributed by atoms with Crippen molar-refractivity contribution in [3.63, 3.8) is 0 Å². The highest BCUT2D eigenvalue weighted by molar-refractivity contribution is 5.22. The van der Waals surface area contributed by atoms with E-state index in [1.54, 1.807) is 6.07 Å². The van der Waals surface area contributed by atoms with Crippen LogP contribution in [-0.4, -0.2) is 11.6 Å². The highest BCUT2D eigenvalue weighted by atomic mass is 19.1. The molecule has 1 saturated carbocycles. The summed E-state index contributed by atoms with van der Waals surface area (Å²) in [5.41, 5.74) is 0.270. The first kappa shape index (κ1) is 11.1. The lowest BCUT2D eigenvalue weighted by molar-refractivity contribution is 0.440. The van der Waals surface area contributed by atoms with Crippen molar-refractivity contribution in [3.05, 3.63) is 35.6 Å². The Morgan fingerprint density at radius 3 is 2.88 bits per heavy atom. The first-order valence-electron chi connectivity index (χ1n) is 5.55. The second-order valence-electron chi connectivity index (χ2n) is 4.67. The van der Waals surface area contributed by atoms with Gasteiger partial charge in [-0.25, -0.2) is 4.39 Å². The third-order valence-electron chi connectivity index (χ3n) is 2.79. The normalized spacial score (nSPS) is 18.8. The lowest BCUT2D eigenvalue weighted by Crippen LogP contribution is -2.44. The van der Waals surface area contributed by atoms with Crippen LogP contribution in [0, 0.1) is 17.1 Å². The molecule has 0 radical (unpaired) electrons. The SMILES string of the molecule is CC(C#N)(Cc1cccc(F)c1)NC1CC1. The Morgan fingerprint density at radius 2 is 2.31 bits per heavy atom. The van der Waals surface area contributed by atoms with E-state index in [0.29, 0.717) is 12.5 Å². The lowest BCUT2D eigenvalue weighted by Gasteiger charge is -2.23. The number of nitriles is 1. The molecule has 1 atom stereocenters. The fraction of sp³-hybridized carbons (Fsp3) is 0.462. The van der Waals surface area contributed by atoms with Crippen LogP contribution in [0.5, 0.6) is 0 Å². The fourth-order valence-electron chi connectivity index (χ4n) is 1.86. The largest absolute Gasteiger partial charge is 0.297 e. The molecule has 2 nitrogen and oxygen atoms in total. The second kappa shape index (κ2) is 4.23. The van der Waals surface area contributed by atoms with Gasteiger partial charge in [0.05, 0.1) is 6.07 Å². The van der Waals surface area contributed by atoms with Gasteiger partial charge < -0.3 is 0 Å². The summed E-state index contributed by atoms with van der Waals surface area (Å²) in [4.78, 5) is 0. The van der Waals surface area contributed by atoms with E-state index in [0.717, 1.165) is 18.4 Å². The zero-order chi connectivity index (χ0) is 11.6. The molecule has 2 rings (SSSR count). The summed E-state index contributed by atoms with van der Waals surface area (Å²) in [6.45, 7) is 1.87. The van der Waals surface area contributed by atoms with Gasteiger partial charge in [-0.3, -0.25) is 5.32 Å². The molecule has 1 fully saturated rings. The smallest absolute Gasteiger partial charge is 0.123 e. The molecule has 1 aliphatic rings. The van der Waals surface area contributed by atoms with Crippen molar-refractivity contribution in [2.45, 2.75) is 37.8 Å². The molecule has 1 N–H and O–H groups in total. The Kier molecular flexibility index (Phi) is 2.93. The van der Waals surface area contributed by atoms with Crippen molar-refractivity contribution in [1.29, 1.82) is 5.26 Å². The van der Waals surface area contributed by atoms with Crippen molar-refractivity contribution in [2.24, 2.45) is 0 Å². The van der Waals surface area contributed by atoms with E-state index < -0.39 is 5.54 Å². The molecule has 0 aromatic heterocycles. The zero-order valence-corrected chi connectivity index (χ0v) is 9.33. The summed E-state index contributed by atoms with van der Waals surface area (Å²) in [7, 11) is 0. The van der Waals surface area contributed by atoms with Crippen LogP contribution < -0.4 is 5.32 Å². The number of nitrogens with zero attached hydrogens (tertiary/aromatic N) is 1. The van der Waals surface area contributed by atoms with Gasteiger partial charge in [0, 0.05) is 12.5 Å². The van der Waals surface area contributed by atoms with Crippen molar-refractivity contribution in [1.82, 2.24) is 5.32 Å². The van der Waals surface area contributed by atoms with Crippen LogP contribution in [0.3, 0.4) is 0 Å². The van der Waals surface area contributed by atoms with E-state index in [2.05, 4.69) is 11.4 Å². The number of nitrogens with one attached hydrogen (secondary N) is 1. The Labute approximate surface area is 95.1 Å². The average molecular weight is 218 g/mol. The summed E-state index contributed by atoms with van der Waals surface area (Å²) in [5.74, 6) is -0.246. The molecular formula is C13H15FN2. The topological polar surface area (TPSA) is 35.8 Å². The third-order valence-corrected chi connectivity index (χ3v) is 2.79. The lowest BCUT2D eigenvalue weighted by atomic mass is 9.94. The van der Waals surface area contributed by atoms with E-state index in [1.165, 1.54) is 12.1 Å². The van der Waals surface area contributed by atoms with Gasteiger partial charge in [-0.15, -0.1) is 0 Å². The van der Waals surface area contributed by atoms with Gasteiger partial charge in [-0.05, 0) is 37.5 Å². The molecule has 0 spiro atoms. The zero-order valence-electron chi connectivity index (χ0n) is 9.33. The summed E-state index contributed by atoms with van der Waals surface area (Å²) >= 11 is 0. The Hall–Kier alpha value is -1.40. The number of hydrogen-bond acceptors (Lipinski definition) is 2. The molecule has 1 aromatic rings. The number of halogens is 1. The molecule has 0 amide bonds. The molecule has 0 bridgehead atoms. The van der Waals surface area contributed by atoms with Crippen LogP contribution in [0.1, 0.15) is 25.3 Å². The van der Waals surface area contributed by atoms with Gasteiger partial charge in [0.25, 0.3) is 0 Å². The molecular weight excluding hydrogens is 203 g/mol. The summed E-state index contributed by atoms with van der Waals surface area (Å²) < 4.78 is 13.0. The van der Waals surface area contributed by atoms with Gasteiger partial charge in [0.2, 0.25) is 0 Å². The van der Waals surface area contributed by atoms with Crippen LogP contribution in [0.2, 0.25) is 0 Å². The minimum absolute atomic E-state index is 0.246. The van der Waals surface area contributed by atoms with Gasteiger partial charge >= 0.3 is 0 Å². The van der Waals surface area contributed by atoms with Gasteiger partial charge in [-0.2, -0.15) is 5.26 Å². The molecule has 1 aromatic carbocycles. The molecule has 16 heavy (non-hydrogen) atoms. The van der Waals surface area contributed by atoms with Crippen LogP contribution in [0.4, 0.5) is 4.39 Å². The average Bonchev–Trinajstić information content (AvgIpc) is 3.01. The highest BCUT2D eigenvalue weighted by Crippen LogP contribution is 2.24. The van der Waals surface area contributed by atoms with Crippen molar-refractivity contribution in [3.8, 4) is 6.07 Å². The van der Waals surface area contributed by atoms with E-state index >= 15 is 0 Å². The molecule has 0 aliphatic heterocycles. The Balaban J connectivity index is 2.08. The van der Waals surface area contributed by atoms with Crippen LogP contribution >= 0.6 is 0 Å². The van der Waals surface area contributed by atoms with E-state index in [9.17, 15) is 9.65 Å².